The third-order valence-electron chi connectivity index (χ3n) is 5.15. The molecule has 4 rings (SSSR count). The van der Waals surface area contributed by atoms with Gasteiger partial charge in [-0.25, -0.2) is 9.18 Å². The molecule has 30 heavy (non-hydrogen) atoms. The summed E-state index contributed by atoms with van der Waals surface area (Å²) in [5.74, 6) is -1.24. The zero-order chi connectivity index (χ0) is 20.9. The van der Waals surface area contributed by atoms with Crippen molar-refractivity contribution < 1.29 is 14.3 Å². The van der Waals surface area contributed by atoms with Crippen molar-refractivity contribution in [3.8, 4) is 22.3 Å². The van der Waals surface area contributed by atoms with Crippen molar-refractivity contribution in [1.29, 1.82) is 0 Å². The molecule has 0 saturated heterocycles. The van der Waals surface area contributed by atoms with Crippen molar-refractivity contribution in [3.63, 3.8) is 0 Å². The van der Waals surface area contributed by atoms with Gasteiger partial charge in [-0.1, -0.05) is 54.6 Å². The van der Waals surface area contributed by atoms with Gasteiger partial charge in [-0.3, -0.25) is 4.98 Å². The minimum atomic E-state index is -0.942. The largest absolute Gasteiger partial charge is 0.478 e. The molecule has 0 radical (unpaired) electrons. The molecule has 0 aliphatic rings. The molecular weight excluding hydrogens is 377 g/mol. The molecule has 4 aromatic rings. The zero-order valence-corrected chi connectivity index (χ0v) is 16.3. The maximum Gasteiger partial charge on any atom is 0.335 e. The summed E-state index contributed by atoms with van der Waals surface area (Å²) in [4.78, 5) is 15.8. The van der Waals surface area contributed by atoms with Gasteiger partial charge in [0, 0.05) is 12.4 Å². The van der Waals surface area contributed by atoms with E-state index in [9.17, 15) is 14.3 Å². The number of aryl methyl sites for hydroxylation is 2. The van der Waals surface area contributed by atoms with E-state index in [0.29, 0.717) is 12.0 Å². The SMILES string of the molecule is O=C(O)c1ccc(-c2ccc(F)cc2)cc1CCc1ccc(-c2cccnc2)cc1. The second-order valence-electron chi connectivity index (χ2n) is 7.12. The Morgan fingerprint density at radius 3 is 2.13 bits per heavy atom. The average Bonchev–Trinajstić information content (AvgIpc) is 2.79. The van der Waals surface area contributed by atoms with Crippen molar-refractivity contribution >= 4 is 5.97 Å². The van der Waals surface area contributed by atoms with Crippen LogP contribution in [0.3, 0.4) is 0 Å². The van der Waals surface area contributed by atoms with E-state index in [4.69, 9.17) is 0 Å². The van der Waals surface area contributed by atoms with Crippen LogP contribution in [0.15, 0.2) is 91.3 Å². The molecule has 0 aliphatic carbocycles. The summed E-state index contributed by atoms with van der Waals surface area (Å²) in [6.07, 6.45) is 4.90. The van der Waals surface area contributed by atoms with E-state index in [1.54, 1.807) is 30.5 Å². The van der Waals surface area contributed by atoms with Crippen LogP contribution in [0.2, 0.25) is 0 Å². The van der Waals surface area contributed by atoms with Gasteiger partial charge in [0.2, 0.25) is 0 Å². The molecule has 0 amide bonds. The van der Waals surface area contributed by atoms with E-state index in [1.807, 2.05) is 24.4 Å². The van der Waals surface area contributed by atoms with Gasteiger partial charge in [0.05, 0.1) is 5.56 Å². The first-order valence-corrected chi connectivity index (χ1v) is 9.72. The van der Waals surface area contributed by atoms with Crippen molar-refractivity contribution in [3.05, 3.63) is 114 Å². The van der Waals surface area contributed by atoms with Crippen LogP contribution in [0.5, 0.6) is 0 Å². The molecule has 0 aliphatic heterocycles. The van der Waals surface area contributed by atoms with E-state index < -0.39 is 5.97 Å². The minimum absolute atomic E-state index is 0.295. The van der Waals surface area contributed by atoms with Gasteiger partial charge in [-0.15, -0.1) is 0 Å². The Hall–Kier alpha value is -3.79. The normalized spacial score (nSPS) is 10.7. The van der Waals surface area contributed by atoms with Gasteiger partial charge in [-0.05, 0) is 70.5 Å². The zero-order valence-electron chi connectivity index (χ0n) is 16.3. The standard InChI is InChI=1S/C26H20FNO2/c27-24-12-9-19(10-13-24)21-11-14-25(26(29)30)22(16-21)8-5-18-3-6-20(7-4-18)23-2-1-15-28-17-23/h1-4,6-7,9-17H,5,8H2,(H,29,30). The Kier molecular flexibility index (Phi) is 5.66. The van der Waals surface area contributed by atoms with Crippen LogP contribution in [-0.2, 0) is 12.8 Å². The maximum absolute atomic E-state index is 13.2. The predicted molar refractivity (Wildman–Crippen MR) is 116 cm³/mol. The first-order chi connectivity index (χ1) is 14.6. The molecule has 1 aromatic heterocycles. The number of hydrogen-bond acceptors (Lipinski definition) is 2. The van der Waals surface area contributed by atoms with Crippen molar-refractivity contribution in [2.75, 3.05) is 0 Å². The fraction of sp³-hybridized carbons (Fsp3) is 0.0769. The number of aromatic carboxylic acids is 1. The number of aromatic nitrogens is 1. The molecule has 148 valence electrons. The van der Waals surface area contributed by atoms with Crippen LogP contribution in [0.1, 0.15) is 21.5 Å². The molecule has 0 fully saturated rings. The summed E-state index contributed by atoms with van der Waals surface area (Å²) in [5, 5.41) is 9.57. The van der Waals surface area contributed by atoms with E-state index in [0.717, 1.165) is 39.8 Å². The van der Waals surface area contributed by atoms with Crippen LogP contribution in [0.4, 0.5) is 4.39 Å². The second kappa shape index (κ2) is 8.70. The van der Waals surface area contributed by atoms with Crippen LogP contribution in [-0.4, -0.2) is 16.1 Å². The van der Waals surface area contributed by atoms with Gasteiger partial charge < -0.3 is 5.11 Å². The number of rotatable bonds is 6. The molecule has 3 aromatic carbocycles. The number of nitrogens with zero attached hydrogens (tertiary/aromatic N) is 1. The van der Waals surface area contributed by atoms with Gasteiger partial charge in [0.15, 0.2) is 0 Å². The molecule has 0 bridgehead atoms. The highest BCUT2D eigenvalue weighted by Crippen LogP contribution is 2.25. The van der Waals surface area contributed by atoms with Crippen molar-refractivity contribution in [1.82, 2.24) is 4.98 Å². The number of halogens is 1. The van der Waals surface area contributed by atoms with E-state index in [2.05, 4.69) is 29.2 Å². The third kappa shape index (κ3) is 4.44. The van der Waals surface area contributed by atoms with Crippen molar-refractivity contribution in [2.24, 2.45) is 0 Å². The summed E-state index contributed by atoms with van der Waals surface area (Å²) >= 11 is 0. The predicted octanol–water partition coefficient (Wildman–Crippen LogP) is 6.04. The lowest BCUT2D eigenvalue weighted by Crippen LogP contribution is -2.04. The van der Waals surface area contributed by atoms with Crippen LogP contribution >= 0.6 is 0 Å². The summed E-state index contributed by atoms with van der Waals surface area (Å²) < 4.78 is 13.2. The Morgan fingerprint density at radius 2 is 1.47 bits per heavy atom. The maximum atomic E-state index is 13.2. The minimum Gasteiger partial charge on any atom is -0.478 e. The topological polar surface area (TPSA) is 50.2 Å². The quantitative estimate of drug-likeness (QED) is 0.432. The summed E-state index contributed by atoms with van der Waals surface area (Å²) in [6, 6.07) is 23.7. The average molecular weight is 397 g/mol. The van der Waals surface area contributed by atoms with E-state index in [-0.39, 0.29) is 5.82 Å². The van der Waals surface area contributed by atoms with Gasteiger partial charge in [0.25, 0.3) is 0 Å². The monoisotopic (exact) mass is 397 g/mol. The Morgan fingerprint density at radius 1 is 0.800 bits per heavy atom. The Bertz CT molecular complexity index is 1150. The second-order valence-corrected chi connectivity index (χ2v) is 7.12. The molecule has 0 unspecified atom stereocenters. The summed E-state index contributed by atoms with van der Waals surface area (Å²) in [7, 11) is 0. The molecule has 3 nitrogen and oxygen atoms in total. The molecule has 0 saturated carbocycles. The summed E-state index contributed by atoms with van der Waals surface area (Å²) in [5.41, 5.74) is 6.08. The molecule has 0 atom stereocenters. The third-order valence-corrected chi connectivity index (χ3v) is 5.15. The summed E-state index contributed by atoms with van der Waals surface area (Å²) in [6.45, 7) is 0. The van der Waals surface area contributed by atoms with Crippen LogP contribution in [0, 0.1) is 5.82 Å². The number of carboxylic acid groups (broad SMARTS) is 1. The molecule has 1 heterocycles. The number of carboxylic acids is 1. The smallest absolute Gasteiger partial charge is 0.335 e. The highest BCUT2D eigenvalue weighted by atomic mass is 19.1. The number of hydrogen-bond donors (Lipinski definition) is 1. The number of carbonyl (C=O) groups is 1. The Balaban J connectivity index is 1.55. The Labute approximate surface area is 174 Å². The lowest BCUT2D eigenvalue weighted by molar-refractivity contribution is 0.0695. The molecule has 1 N–H and O–H groups in total. The number of pyridine rings is 1. The first-order valence-electron chi connectivity index (χ1n) is 9.72. The lowest BCUT2D eigenvalue weighted by Gasteiger charge is -2.10. The van der Waals surface area contributed by atoms with Gasteiger partial charge in [0.1, 0.15) is 5.82 Å². The van der Waals surface area contributed by atoms with Gasteiger partial charge >= 0.3 is 5.97 Å². The molecular formula is C26H20FNO2. The molecule has 4 heteroatoms. The fourth-order valence-electron chi connectivity index (χ4n) is 3.51. The van der Waals surface area contributed by atoms with Crippen molar-refractivity contribution in [2.45, 2.75) is 12.8 Å². The van der Waals surface area contributed by atoms with E-state index >= 15 is 0 Å². The van der Waals surface area contributed by atoms with Gasteiger partial charge in [-0.2, -0.15) is 0 Å². The first kappa shape index (κ1) is 19.5. The van der Waals surface area contributed by atoms with Crippen LogP contribution in [0.25, 0.3) is 22.3 Å². The van der Waals surface area contributed by atoms with Crippen LogP contribution < -0.4 is 0 Å². The highest BCUT2D eigenvalue weighted by molar-refractivity contribution is 5.90. The highest BCUT2D eigenvalue weighted by Gasteiger charge is 2.12. The number of benzene rings is 3. The van der Waals surface area contributed by atoms with E-state index in [1.165, 1.54) is 12.1 Å². The lowest BCUT2D eigenvalue weighted by atomic mass is 9.94. The fourth-order valence-corrected chi connectivity index (χ4v) is 3.51. The molecule has 0 spiro atoms.